The van der Waals surface area contributed by atoms with Crippen molar-refractivity contribution in [2.45, 2.75) is 6.54 Å². The van der Waals surface area contributed by atoms with Gasteiger partial charge in [-0.1, -0.05) is 11.6 Å². The fourth-order valence-corrected chi connectivity index (χ4v) is 2.54. The highest BCUT2D eigenvalue weighted by Gasteiger charge is 2.07. The predicted molar refractivity (Wildman–Crippen MR) is 73.6 cm³/mol. The van der Waals surface area contributed by atoms with Crippen LogP contribution < -0.4 is 5.32 Å². The average Bonchev–Trinajstić information content (AvgIpc) is 3.09. The zero-order chi connectivity index (χ0) is 13.9. The number of hydrogen-bond donors (Lipinski definition) is 1. The van der Waals surface area contributed by atoms with E-state index in [2.05, 4.69) is 25.8 Å². The molecular formula is C11H8ClFN6S. The highest BCUT2D eigenvalue weighted by molar-refractivity contribution is 7.15. The monoisotopic (exact) mass is 310 g/mol. The van der Waals surface area contributed by atoms with Gasteiger partial charge in [0.1, 0.15) is 12.1 Å². The number of rotatable bonds is 4. The number of anilines is 1. The molecule has 2 aromatic heterocycles. The summed E-state index contributed by atoms with van der Waals surface area (Å²) >= 11 is 7.09. The summed E-state index contributed by atoms with van der Waals surface area (Å²) in [5.41, 5.74) is 1.03. The number of tetrazole rings is 1. The molecule has 0 radical (unpaired) electrons. The van der Waals surface area contributed by atoms with Crippen LogP contribution >= 0.6 is 22.9 Å². The minimum Gasteiger partial charge on any atom is -0.378 e. The molecule has 102 valence electrons. The van der Waals surface area contributed by atoms with E-state index in [1.54, 1.807) is 18.3 Å². The third kappa shape index (κ3) is 2.75. The number of aromatic nitrogens is 5. The molecule has 0 aliphatic carbocycles. The summed E-state index contributed by atoms with van der Waals surface area (Å²) in [6.07, 6.45) is 3.10. The largest absolute Gasteiger partial charge is 0.378 e. The molecule has 0 spiro atoms. The van der Waals surface area contributed by atoms with E-state index in [-0.39, 0.29) is 5.82 Å². The minimum absolute atomic E-state index is 0.350. The van der Waals surface area contributed by atoms with Crippen molar-refractivity contribution in [2.24, 2.45) is 0 Å². The second-order valence-corrected chi connectivity index (χ2v) is 5.55. The van der Waals surface area contributed by atoms with Crippen molar-refractivity contribution in [3.63, 3.8) is 0 Å². The summed E-state index contributed by atoms with van der Waals surface area (Å²) in [4.78, 5) is 4.85. The number of halogens is 2. The first kappa shape index (κ1) is 12.9. The van der Waals surface area contributed by atoms with Crippen molar-refractivity contribution in [1.29, 1.82) is 0 Å². The van der Waals surface area contributed by atoms with Crippen molar-refractivity contribution < 1.29 is 4.39 Å². The number of benzene rings is 1. The van der Waals surface area contributed by atoms with Crippen LogP contribution in [0.1, 0.15) is 4.88 Å². The molecule has 0 unspecified atom stereocenters. The first-order valence-electron chi connectivity index (χ1n) is 5.59. The smallest absolute Gasteiger partial charge is 0.183 e. The Kier molecular flexibility index (Phi) is 3.57. The molecule has 1 N–H and O–H groups in total. The number of hydrogen-bond acceptors (Lipinski definition) is 6. The number of nitrogens with one attached hydrogen (secondary N) is 1. The zero-order valence-corrected chi connectivity index (χ0v) is 11.6. The van der Waals surface area contributed by atoms with E-state index in [0.717, 1.165) is 4.88 Å². The molecular weight excluding hydrogens is 303 g/mol. The Labute approximate surface area is 122 Å². The van der Waals surface area contributed by atoms with E-state index in [1.807, 2.05) is 0 Å². The first-order valence-corrected chi connectivity index (χ1v) is 6.79. The SMILES string of the molecule is Fc1ccc(-n2cnnn2)cc1NCc1cnc(Cl)s1. The van der Waals surface area contributed by atoms with Crippen LogP contribution in [0.5, 0.6) is 0 Å². The van der Waals surface area contributed by atoms with Crippen LogP contribution in [-0.2, 0) is 6.54 Å². The zero-order valence-electron chi connectivity index (χ0n) is 9.99. The molecule has 20 heavy (non-hydrogen) atoms. The third-order valence-corrected chi connectivity index (χ3v) is 3.66. The summed E-state index contributed by atoms with van der Waals surface area (Å²) in [6, 6.07) is 4.59. The maximum Gasteiger partial charge on any atom is 0.183 e. The van der Waals surface area contributed by atoms with Crippen molar-refractivity contribution in [3.8, 4) is 5.69 Å². The van der Waals surface area contributed by atoms with Crippen molar-refractivity contribution in [1.82, 2.24) is 25.2 Å². The quantitative estimate of drug-likeness (QED) is 0.802. The summed E-state index contributed by atoms with van der Waals surface area (Å²) in [5, 5.41) is 13.8. The molecule has 3 rings (SSSR count). The Hall–Kier alpha value is -2.06. The fraction of sp³-hybridized carbons (Fsp3) is 0.0909. The molecule has 0 aliphatic rings. The molecule has 0 saturated carbocycles. The summed E-state index contributed by atoms with van der Waals surface area (Å²) < 4.78 is 15.7. The third-order valence-electron chi connectivity index (χ3n) is 2.54. The lowest BCUT2D eigenvalue weighted by Gasteiger charge is -2.08. The normalized spacial score (nSPS) is 10.7. The maximum atomic E-state index is 13.8. The first-order chi connectivity index (χ1) is 9.72. The van der Waals surface area contributed by atoms with Crippen molar-refractivity contribution in [2.75, 3.05) is 5.32 Å². The molecule has 6 nitrogen and oxygen atoms in total. The van der Waals surface area contributed by atoms with Gasteiger partial charge >= 0.3 is 0 Å². The Bertz CT molecular complexity index is 714. The van der Waals surface area contributed by atoms with Gasteiger partial charge < -0.3 is 5.32 Å². The van der Waals surface area contributed by atoms with Gasteiger partial charge in [0, 0.05) is 11.1 Å². The Morgan fingerprint density at radius 1 is 1.40 bits per heavy atom. The fourth-order valence-electron chi connectivity index (χ4n) is 1.62. The minimum atomic E-state index is -0.350. The van der Waals surface area contributed by atoms with Crippen LogP contribution in [-0.4, -0.2) is 25.2 Å². The van der Waals surface area contributed by atoms with E-state index in [0.29, 0.717) is 22.4 Å². The molecule has 0 bridgehead atoms. The van der Waals surface area contributed by atoms with Gasteiger partial charge in [0.25, 0.3) is 0 Å². The lowest BCUT2D eigenvalue weighted by molar-refractivity contribution is 0.629. The number of nitrogens with zero attached hydrogens (tertiary/aromatic N) is 5. The lowest BCUT2D eigenvalue weighted by Crippen LogP contribution is -2.02. The van der Waals surface area contributed by atoms with Crippen LogP contribution in [0.15, 0.2) is 30.7 Å². The van der Waals surface area contributed by atoms with Gasteiger partial charge in [-0.05, 0) is 28.6 Å². The molecule has 0 amide bonds. The Morgan fingerprint density at radius 2 is 2.30 bits per heavy atom. The van der Waals surface area contributed by atoms with Gasteiger partial charge in [-0.2, -0.15) is 0 Å². The predicted octanol–water partition coefficient (Wildman–Crippen LogP) is 2.52. The summed E-state index contributed by atoms with van der Waals surface area (Å²) in [7, 11) is 0. The lowest BCUT2D eigenvalue weighted by atomic mass is 10.2. The Morgan fingerprint density at radius 3 is 3.00 bits per heavy atom. The van der Waals surface area contributed by atoms with Crippen LogP contribution in [0.25, 0.3) is 5.69 Å². The molecule has 2 heterocycles. The highest BCUT2D eigenvalue weighted by Crippen LogP contribution is 2.22. The molecule has 9 heteroatoms. The van der Waals surface area contributed by atoms with Gasteiger partial charge in [-0.15, -0.1) is 16.4 Å². The highest BCUT2D eigenvalue weighted by atomic mass is 35.5. The summed E-state index contributed by atoms with van der Waals surface area (Å²) in [5.74, 6) is -0.350. The van der Waals surface area contributed by atoms with Crippen LogP contribution in [0, 0.1) is 5.82 Å². The van der Waals surface area contributed by atoms with Gasteiger partial charge in [0.15, 0.2) is 4.47 Å². The molecule has 0 fully saturated rings. The van der Waals surface area contributed by atoms with E-state index >= 15 is 0 Å². The molecule has 3 aromatic rings. The van der Waals surface area contributed by atoms with Crippen LogP contribution in [0.3, 0.4) is 0 Å². The standard InChI is InChI=1S/C11H8ClFN6S/c12-11-15-5-8(20-11)4-14-10-3-7(1-2-9(10)13)19-6-16-17-18-19/h1-3,5-6,14H,4H2. The Balaban J connectivity index is 1.80. The second kappa shape index (κ2) is 5.51. The van der Waals surface area contributed by atoms with Crippen LogP contribution in [0.2, 0.25) is 4.47 Å². The van der Waals surface area contributed by atoms with Gasteiger partial charge in [0.2, 0.25) is 0 Å². The maximum absolute atomic E-state index is 13.8. The average molecular weight is 311 g/mol. The van der Waals surface area contributed by atoms with E-state index in [4.69, 9.17) is 11.6 Å². The van der Waals surface area contributed by atoms with Crippen molar-refractivity contribution in [3.05, 3.63) is 45.9 Å². The molecule has 1 aromatic carbocycles. The molecule has 0 saturated heterocycles. The van der Waals surface area contributed by atoms with Crippen LogP contribution in [0.4, 0.5) is 10.1 Å². The molecule has 0 aliphatic heterocycles. The summed E-state index contributed by atoms with van der Waals surface area (Å²) in [6.45, 7) is 0.445. The van der Waals surface area contributed by atoms with Crippen molar-refractivity contribution >= 4 is 28.6 Å². The van der Waals surface area contributed by atoms with E-state index < -0.39 is 0 Å². The van der Waals surface area contributed by atoms with E-state index in [9.17, 15) is 4.39 Å². The van der Waals surface area contributed by atoms with E-state index in [1.165, 1.54) is 28.4 Å². The van der Waals surface area contributed by atoms with Gasteiger partial charge in [-0.3, -0.25) is 0 Å². The van der Waals surface area contributed by atoms with Gasteiger partial charge in [-0.25, -0.2) is 14.1 Å². The second-order valence-electron chi connectivity index (χ2n) is 3.85. The topological polar surface area (TPSA) is 68.5 Å². The van der Waals surface area contributed by atoms with Gasteiger partial charge in [0.05, 0.1) is 17.9 Å². The molecule has 0 atom stereocenters. The number of thiazole rings is 1.